The lowest BCUT2D eigenvalue weighted by Crippen LogP contribution is -2.04. The van der Waals surface area contributed by atoms with E-state index in [2.05, 4.69) is 4.98 Å². The van der Waals surface area contributed by atoms with Crippen LogP contribution in [0.4, 0.5) is 0 Å². The Balaban J connectivity index is 2.12. The standard InChI is InChI=1S/C16H13N3OS/c1-10-14(15(20)13-8-5-9-21-13)19-12-7-4-3-6-11(12)18(2)16(19)17-10/h3-9H,1-2H3. The quantitative estimate of drug-likeness (QED) is 0.531. The van der Waals surface area contributed by atoms with Gasteiger partial charge in [0.1, 0.15) is 5.69 Å². The number of para-hydroxylation sites is 2. The number of imidazole rings is 2. The number of carbonyl (C=O) groups is 1. The summed E-state index contributed by atoms with van der Waals surface area (Å²) in [5.41, 5.74) is 3.50. The number of rotatable bonds is 2. The molecule has 0 N–H and O–H groups in total. The van der Waals surface area contributed by atoms with Crippen molar-refractivity contribution in [2.24, 2.45) is 7.05 Å². The normalized spacial score (nSPS) is 11.5. The predicted molar refractivity (Wildman–Crippen MR) is 84.2 cm³/mol. The van der Waals surface area contributed by atoms with Crippen LogP contribution >= 0.6 is 11.3 Å². The number of hydrogen-bond acceptors (Lipinski definition) is 3. The maximum atomic E-state index is 12.8. The molecule has 0 radical (unpaired) electrons. The van der Waals surface area contributed by atoms with Gasteiger partial charge < -0.3 is 4.57 Å². The molecule has 1 aromatic carbocycles. The fourth-order valence-electron chi connectivity index (χ4n) is 2.80. The van der Waals surface area contributed by atoms with Crippen molar-refractivity contribution in [3.63, 3.8) is 0 Å². The Bertz CT molecular complexity index is 976. The molecule has 4 rings (SSSR count). The van der Waals surface area contributed by atoms with Gasteiger partial charge in [-0.05, 0) is 30.5 Å². The zero-order valence-electron chi connectivity index (χ0n) is 11.7. The fourth-order valence-corrected chi connectivity index (χ4v) is 3.47. The highest BCUT2D eigenvalue weighted by Crippen LogP contribution is 2.25. The van der Waals surface area contributed by atoms with Gasteiger partial charge in [-0.2, -0.15) is 0 Å². The highest BCUT2D eigenvalue weighted by molar-refractivity contribution is 7.12. The molecule has 5 heteroatoms. The molecule has 3 aromatic heterocycles. The van der Waals surface area contributed by atoms with E-state index in [1.807, 2.05) is 64.7 Å². The van der Waals surface area contributed by atoms with Gasteiger partial charge in [-0.25, -0.2) is 4.98 Å². The van der Waals surface area contributed by atoms with Crippen LogP contribution in [-0.4, -0.2) is 19.7 Å². The summed E-state index contributed by atoms with van der Waals surface area (Å²) in [7, 11) is 1.98. The van der Waals surface area contributed by atoms with E-state index >= 15 is 0 Å². The second kappa shape index (κ2) is 4.30. The summed E-state index contributed by atoms with van der Waals surface area (Å²) in [6.45, 7) is 1.89. The second-order valence-corrected chi connectivity index (χ2v) is 5.98. The number of ketones is 1. The number of aryl methyl sites for hydroxylation is 2. The molecular formula is C16H13N3OS. The van der Waals surface area contributed by atoms with E-state index in [0.29, 0.717) is 5.69 Å². The van der Waals surface area contributed by atoms with Crippen LogP contribution in [0.25, 0.3) is 16.8 Å². The van der Waals surface area contributed by atoms with Gasteiger partial charge in [0.05, 0.1) is 21.6 Å². The maximum Gasteiger partial charge on any atom is 0.221 e. The summed E-state index contributed by atoms with van der Waals surface area (Å²) in [6, 6.07) is 11.8. The molecule has 0 atom stereocenters. The van der Waals surface area contributed by atoms with E-state index in [1.54, 1.807) is 0 Å². The van der Waals surface area contributed by atoms with Crippen LogP contribution in [0.3, 0.4) is 0 Å². The van der Waals surface area contributed by atoms with E-state index in [9.17, 15) is 4.79 Å². The highest BCUT2D eigenvalue weighted by atomic mass is 32.1. The Labute approximate surface area is 125 Å². The van der Waals surface area contributed by atoms with Crippen molar-refractivity contribution in [2.45, 2.75) is 6.92 Å². The van der Waals surface area contributed by atoms with E-state index in [0.717, 1.165) is 27.4 Å². The predicted octanol–water partition coefficient (Wildman–Crippen LogP) is 3.43. The maximum absolute atomic E-state index is 12.8. The summed E-state index contributed by atoms with van der Waals surface area (Å²) < 4.78 is 3.99. The van der Waals surface area contributed by atoms with Crippen LogP contribution in [0, 0.1) is 6.92 Å². The summed E-state index contributed by atoms with van der Waals surface area (Å²) in [4.78, 5) is 18.1. The fraction of sp³-hybridized carbons (Fsp3) is 0.125. The minimum atomic E-state index is 0.0337. The Morgan fingerprint density at radius 3 is 2.62 bits per heavy atom. The van der Waals surface area contributed by atoms with E-state index < -0.39 is 0 Å². The lowest BCUT2D eigenvalue weighted by molar-refractivity contribution is 0.103. The molecule has 4 aromatic rings. The number of nitrogens with zero attached hydrogens (tertiary/aromatic N) is 3. The molecule has 0 bridgehead atoms. The third-order valence-electron chi connectivity index (χ3n) is 3.78. The Hall–Kier alpha value is -2.40. The average Bonchev–Trinajstić information content (AvgIpc) is 3.17. The monoisotopic (exact) mass is 295 g/mol. The number of fused-ring (bicyclic) bond motifs is 3. The highest BCUT2D eigenvalue weighted by Gasteiger charge is 2.22. The van der Waals surface area contributed by atoms with Crippen molar-refractivity contribution in [3.8, 4) is 0 Å². The smallest absolute Gasteiger partial charge is 0.221 e. The Kier molecular flexibility index (Phi) is 2.53. The topological polar surface area (TPSA) is 39.3 Å². The van der Waals surface area contributed by atoms with Gasteiger partial charge in [-0.3, -0.25) is 9.20 Å². The van der Waals surface area contributed by atoms with Crippen molar-refractivity contribution in [2.75, 3.05) is 0 Å². The van der Waals surface area contributed by atoms with Gasteiger partial charge in [-0.1, -0.05) is 18.2 Å². The minimum absolute atomic E-state index is 0.0337. The zero-order valence-corrected chi connectivity index (χ0v) is 12.5. The molecule has 0 saturated heterocycles. The van der Waals surface area contributed by atoms with Crippen molar-refractivity contribution < 1.29 is 4.79 Å². The number of hydrogen-bond donors (Lipinski definition) is 0. The molecular weight excluding hydrogens is 282 g/mol. The van der Waals surface area contributed by atoms with Crippen LogP contribution in [0.5, 0.6) is 0 Å². The van der Waals surface area contributed by atoms with Gasteiger partial charge in [0, 0.05) is 7.05 Å². The van der Waals surface area contributed by atoms with Gasteiger partial charge >= 0.3 is 0 Å². The summed E-state index contributed by atoms with van der Waals surface area (Å²) >= 11 is 1.46. The molecule has 0 aliphatic heterocycles. The first-order valence-corrected chi connectivity index (χ1v) is 7.57. The molecule has 0 aliphatic carbocycles. The van der Waals surface area contributed by atoms with Crippen molar-refractivity contribution >= 4 is 33.9 Å². The SMILES string of the molecule is Cc1nc2n(C)c3ccccc3n2c1C(=O)c1cccs1. The first kappa shape index (κ1) is 12.3. The van der Waals surface area contributed by atoms with Crippen LogP contribution in [-0.2, 0) is 7.05 Å². The first-order valence-electron chi connectivity index (χ1n) is 6.69. The minimum Gasteiger partial charge on any atom is -0.313 e. The molecule has 4 nitrogen and oxygen atoms in total. The lowest BCUT2D eigenvalue weighted by Gasteiger charge is -2.00. The first-order chi connectivity index (χ1) is 10.2. The molecule has 0 fully saturated rings. The average molecular weight is 295 g/mol. The third kappa shape index (κ3) is 1.61. The number of aromatic nitrogens is 3. The lowest BCUT2D eigenvalue weighted by atomic mass is 10.2. The number of thiophene rings is 1. The number of carbonyl (C=O) groups excluding carboxylic acids is 1. The van der Waals surface area contributed by atoms with Crippen molar-refractivity contribution in [1.82, 2.24) is 14.0 Å². The summed E-state index contributed by atoms with van der Waals surface area (Å²) in [6.07, 6.45) is 0. The number of benzene rings is 1. The second-order valence-electron chi connectivity index (χ2n) is 5.04. The van der Waals surface area contributed by atoms with Crippen molar-refractivity contribution in [3.05, 3.63) is 58.0 Å². The van der Waals surface area contributed by atoms with Crippen LogP contribution in [0.1, 0.15) is 21.1 Å². The molecule has 104 valence electrons. The van der Waals surface area contributed by atoms with Gasteiger partial charge in [0.2, 0.25) is 11.6 Å². The molecule has 0 unspecified atom stereocenters. The van der Waals surface area contributed by atoms with E-state index in [-0.39, 0.29) is 5.78 Å². The van der Waals surface area contributed by atoms with Crippen LogP contribution in [0.2, 0.25) is 0 Å². The van der Waals surface area contributed by atoms with E-state index in [4.69, 9.17) is 0 Å². The molecule has 0 saturated carbocycles. The van der Waals surface area contributed by atoms with Crippen molar-refractivity contribution in [1.29, 1.82) is 0 Å². The van der Waals surface area contributed by atoms with Crippen LogP contribution in [0.15, 0.2) is 41.8 Å². The Morgan fingerprint density at radius 1 is 1.14 bits per heavy atom. The molecule has 21 heavy (non-hydrogen) atoms. The van der Waals surface area contributed by atoms with Gasteiger partial charge in [0.25, 0.3) is 0 Å². The summed E-state index contributed by atoms with van der Waals surface area (Å²) in [5.74, 6) is 0.833. The summed E-state index contributed by atoms with van der Waals surface area (Å²) in [5, 5.41) is 1.92. The molecule has 0 aliphatic rings. The van der Waals surface area contributed by atoms with Gasteiger partial charge in [-0.15, -0.1) is 11.3 Å². The van der Waals surface area contributed by atoms with Gasteiger partial charge in [0.15, 0.2) is 0 Å². The molecule has 0 amide bonds. The Morgan fingerprint density at radius 2 is 1.90 bits per heavy atom. The third-order valence-corrected chi connectivity index (χ3v) is 4.65. The zero-order chi connectivity index (χ0) is 14.6. The molecule has 0 spiro atoms. The largest absolute Gasteiger partial charge is 0.313 e. The van der Waals surface area contributed by atoms with Crippen LogP contribution < -0.4 is 0 Å². The van der Waals surface area contributed by atoms with E-state index in [1.165, 1.54) is 11.3 Å². The molecule has 3 heterocycles.